The van der Waals surface area contributed by atoms with Gasteiger partial charge in [0.1, 0.15) is 0 Å². The number of likely N-dealkylation sites (N-methyl/N-ethyl adjacent to an activating group) is 1. The predicted molar refractivity (Wildman–Crippen MR) is 74.7 cm³/mol. The van der Waals surface area contributed by atoms with Crippen LogP contribution in [0, 0.1) is 11.3 Å². The number of aryl methyl sites for hydroxylation is 1. The number of nitrogens with zero attached hydrogens (tertiary/aromatic N) is 3. The number of anilines is 1. The van der Waals surface area contributed by atoms with Gasteiger partial charge in [0.15, 0.2) is 0 Å². The van der Waals surface area contributed by atoms with Gasteiger partial charge in [-0.25, -0.2) is 0 Å². The minimum Gasteiger partial charge on any atom is -0.368 e. The zero-order valence-corrected chi connectivity index (χ0v) is 11.3. The minimum atomic E-state index is 0.355. The van der Waals surface area contributed by atoms with Crippen LogP contribution in [0.25, 0.3) is 0 Å². The predicted octanol–water partition coefficient (Wildman–Crippen LogP) is 2.28. The first kappa shape index (κ1) is 12.9. The molecular weight excluding hydrogens is 222 g/mol. The molecule has 1 saturated heterocycles. The Labute approximate surface area is 110 Å². The number of rotatable bonds is 3. The molecule has 0 radical (unpaired) electrons. The van der Waals surface area contributed by atoms with Crippen LogP contribution >= 0.6 is 0 Å². The average molecular weight is 243 g/mol. The molecule has 1 atom stereocenters. The highest BCUT2D eigenvalue weighted by Crippen LogP contribution is 2.24. The van der Waals surface area contributed by atoms with E-state index in [1.54, 1.807) is 0 Å². The fraction of sp³-hybridized carbons (Fsp3) is 0.533. The lowest BCUT2D eigenvalue weighted by molar-refractivity contribution is 0.221. The maximum atomic E-state index is 8.90. The van der Waals surface area contributed by atoms with Crippen LogP contribution < -0.4 is 4.90 Å². The number of piperazine rings is 1. The second kappa shape index (κ2) is 5.88. The zero-order valence-electron chi connectivity index (χ0n) is 11.3. The van der Waals surface area contributed by atoms with E-state index in [0.29, 0.717) is 12.5 Å². The Hall–Kier alpha value is -1.53. The average Bonchev–Trinajstić information content (AvgIpc) is 2.41. The molecule has 0 amide bonds. The van der Waals surface area contributed by atoms with Gasteiger partial charge in [-0.2, -0.15) is 5.26 Å². The van der Waals surface area contributed by atoms with Crippen LogP contribution in [-0.4, -0.2) is 37.6 Å². The van der Waals surface area contributed by atoms with Gasteiger partial charge in [-0.05, 0) is 25.1 Å². The summed E-state index contributed by atoms with van der Waals surface area (Å²) in [5.41, 5.74) is 2.74. The van der Waals surface area contributed by atoms with Crippen LogP contribution in [-0.2, 0) is 6.42 Å². The summed E-state index contributed by atoms with van der Waals surface area (Å²) < 4.78 is 0. The van der Waals surface area contributed by atoms with Gasteiger partial charge in [-0.15, -0.1) is 0 Å². The van der Waals surface area contributed by atoms with Gasteiger partial charge in [0.2, 0.25) is 0 Å². The molecule has 0 spiro atoms. The Bertz CT molecular complexity index is 436. The van der Waals surface area contributed by atoms with E-state index < -0.39 is 0 Å². The first-order valence-corrected chi connectivity index (χ1v) is 6.66. The lowest BCUT2D eigenvalue weighted by atomic mass is 10.1. The molecular formula is C15H21N3. The Morgan fingerprint density at radius 3 is 2.83 bits per heavy atom. The van der Waals surface area contributed by atoms with Crippen molar-refractivity contribution in [3.05, 3.63) is 29.8 Å². The molecule has 1 aliphatic heterocycles. The molecule has 0 aromatic heterocycles. The fourth-order valence-corrected chi connectivity index (χ4v) is 2.61. The van der Waals surface area contributed by atoms with Crippen molar-refractivity contribution in [3.8, 4) is 6.07 Å². The molecule has 0 aliphatic carbocycles. The molecule has 2 rings (SSSR count). The molecule has 1 aromatic rings. The Morgan fingerprint density at radius 2 is 2.11 bits per heavy atom. The molecule has 1 aliphatic rings. The number of para-hydroxylation sites is 1. The summed E-state index contributed by atoms with van der Waals surface area (Å²) >= 11 is 0. The number of hydrogen-bond donors (Lipinski definition) is 0. The van der Waals surface area contributed by atoms with Crippen molar-refractivity contribution in [1.29, 1.82) is 5.26 Å². The van der Waals surface area contributed by atoms with Crippen molar-refractivity contribution in [2.24, 2.45) is 0 Å². The molecule has 0 saturated carbocycles. The summed E-state index contributed by atoms with van der Waals surface area (Å²) in [7, 11) is 2.12. The Balaban J connectivity index is 2.16. The van der Waals surface area contributed by atoms with Crippen molar-refractivity contribution in [2.75, 3.05) is 31.6 Å². The zero-order chi connectivity index (χ0) is 13.0. The first-order valence-electron chi connectivity index (χ1n) is 6.66. The van der Waals surface area contributed by atoms with Crippen LogP contribution in [0.15, 0.2) is 24.3 Å². The SMILES string of the molecule is CCc1ccccc1N1CCN(C)C(CC#N)C1. The highest BCUT2D eigenvalue weighted by atomic mass is 15.3. The summed E-state index contributed by atoms with van der Waals surface area (Å²) in [4.78, 5) is 4.73. The molecule has 1 unspecified atom stereocenters. The molecule has 3 heteroatoms. The third kappa shape index (κ3) is 2.65. The molecule has 3 nitrogen and oxygen atoms in total. The highest BCUT2D eigenvalue weighted by molar-refractivity contribution is 5.54. The van der Waals surface area contributed by atoms with Crippen molar-refractivity contribution >= 4 is 5.69 Å². The maximum absolute atomic E-state index is 8.90. The summed E-state index contributed by atoms with van der Waals surface area (Å²) in [6.07, 6.45) is 1.67. The van der Waals surface area contributed by atoms with Gasteiger partial charge in [-0.1, -0.05) is 25.1 Å². The van der Waals surface area contributed by atoms with E-state index in [-0.39, 0.29) is 0 Å². The molecule has 0 bridgehead atoms. The smallest absolute Gasteiger partial charge is 0.0638 e. The van der Waals surface area contributed by atoms with E-state index in [0.717, 1.165) is 26.1 Å². The molecule has 1 fully saturated rings. The Kier molecular flexibility index (Phi) is 4.22. The second-order valence-electron chi connectivity index (χ2n) is 4.92. The monoisotopic (exact) mass is 243 g/mol. The highest BCUT2D eigenvalue weighted by Gasteiger charge is 2.24. The molecule has 18 heavy (non-hydrogen) atoms. The van der Waals surface area contributed by atoms with E-state index in [1.165, 1.54) is 11.3 Å². The van der Waals surface area contributed by atoms with Gasteiger partial charge in [0.25, 0.3) is 0 Å². The number of nitriles is 1. The summed E-state index contributed by atoms with van der Waals surface area (Å²) in [6, 6.07) is 11.3. The second-order valence-corrected chi connectivity index (χ2v) is 4.92. The summed E-state index contributed by atoms with van der Waals surface area (Å²) in [5, 5.41) is 8.90. The van der Waals surface area contributed by atoms with Crippen LogP contribution in [0.2, 0.25) is 0 Å². The largest absolute Gasteiger partial charge is 0.368 e. The molecule has 96 valence electrons. The summed E-state index contributed by atoms with van der Waals surface area (Å²) in [5.74, 6) is 0. The topological polar surface area (TPSA) is 30.3 Å². The number of hydrogen-bond acceptors (Lipinski definition) is 3. The van der Waals surface area contributed by atoms with E-state index >= 15 is 0 Å². The van der Waals surface area contributed by atoms with Crippen LogP contribution in [0.1, 0.15) is 18.9 Å². The first-order chi connectivity index (χ1) is 8.76. The quantitative estimate of drug-likeness (QED) is 0.816. The van der Waals surface area contributed by atoms with Gasteiger partial charge in [-0.3, -0.25) is 4.90 Å². The lowest BCUT2D eigenvalue weighted by Crippen LogP contribution is -2.51. The summed E-state index contributed by atoms with van der Waals surface area (Å²) in [6.45, 7) is 5.24. The molecule has 1 aromatic carbocycles. The van der Waals surface area contributed by atoms with Crippen LogP contribution in [0.4, 0.5) is 5.69 Å². The van der Waals surface area contributed by atoms with E-state index in [2.05, 4.69) is 54.1 Å². The van der Waals surface area contributed by atoms with Crippen LogP contribution in [0.5, 0.6) is 0 Å². The van der Waals surface area contributed by atoms with Crippen molar-refractivity contribution in [2.45, 2.75) is 25.8 Å². The third-order valence-electron chi connectivity index (χ3n) is 3.82. The minimum absolute atomic E-state index is 0.355. The van der Waals surface area contributed by atoms with E-state index in [4.69, 9.17) is 5.26 Å². The van der Waals surface area contributed by atoms with E-state index in [9.17, 15) is 0 Å². The van der Waals surface area contributed by atoms with Crippen molar-refractivity contribution < 1.29 is 0 Å². The number of benzene rings is 1. The van der Waals surface area contributed by atoms with Gasteiger partial charge in [0, 0.05) is 31.4 Å². The van der Waals surface area contributed by atoms with Crippen molar-refractivity contribution in [1.82, 2.24) is 4.90 Å². The maximum Gasteiger partial charge on any atom is 0.0638 e. The van der Waals surface area contributed by atoms with Gasteiger partial charge < -0.3 is 4.90 Å². The third-order valence-corrected chi connectivity index (χ3v) is 3.82. The molecule has 0 N–H and O–H groups in total. The molecule has 1 heterocycles. The standard InChI is InChI=1S/C15H21N3/c1-3-13-6-4-5-7-15(13)18-11-10-17(2)14(12-18)8-9-16/h4-7,14H,3,8,10-12H2,1-2H3. The lowest BCUT2D eigenvalue weighted by Gasteiger charge is -2.40. The van der Waals surface area contributed by atoms with E-state index in [1.807, 2.05) is 0 Å². The normalized spacial score (nSPS) is 20.7. The van der Waals surface area contributed by atoms with Crippen LogP contribution in [0.3, 0.4) is 0 Å². The Morgan fingerprint density at radius 1 is 1.33 bits per heavy atom. The fourth-order valence-electron chi connectivity index (χ4n) is 2.61. The van der Waals surface area contributed by atoms with Gasteiger partial charge >= 0.3 is 0 Å². The van der Waals surface area contributed by atoms with Crippen molar-refractivity contribution in [3.63, 3.8) is 0 Å². The van der Waals surface area contributed by atoms with Gasteiger partial charge in [0.05, 0.1) is 12.5 Å².